The fraction of sp³-hybridized carbons (Fsp3) is 0.810. The van der Waals surface area contributed by atoms with Crippen molar-refractivity contribution in [3.8, 4) is 0 Å². The van der Waals surface area contributed by atoms with E-state index in [1.54, 1.807) is 0 Å². The van der Waals surface area contributed by atoms with Gasteiger partial charge in [0.2, 0.25) is 17.7 Å². The normalized spacial score (nSPS) is 38.4. The van der Waals surface area contributed by atoms with Gasteiger partial charge in [-0.3, -0.25) is 14.4 Å². The number of aliphatic hydroxyl groups excluding tert-OH is 4. The molecule has 11 atom stereocenters. The molecule has 2 saturated heterocycles. The van der Waals surface area contributed by atoms with E-state index in [0.29, 0.717) is 0 Å². The molecule has 206 valence electrons. The molecule has 8 N–H and O–H groups in total. The molecular formula is C21H35N3O12. The summed E-state index contributed by atoms with van der Waals surface area (Å²) in [6, 6.07) is -4.02. The van der Waals surface area contributed by atoms with Crippen LogP contribution in [0, 0.1) is 0 Å². The van der Waals surface area contributed by atoms with Gasteiger partial charge in [-0.25, -0.2) is 4.79 Å². The molecule has 2 aliphatic rings. The van der Waals surface area contributed by atoms with Gasteiger partial charge in [-0.05, 0) is 13.8 Å². The van der Waals surface area contributed by atoms with E-state index in [1.165, 1.54) is 13.8 Å². The molecule has 0 aromatic rings. The van der Waals surface area contributed by atoms with Crippen LogP contribution in [0.2, 0.25) is 0 Å². The van der Waals surface area contributed by atoms with Crippen molar-refractivity contribution in [1.29, 1.82) is 0 Å². The lowest BCUT2D eigenvalue weighted by atomic mass is 9.87. The van der Waals surface area contributed by atoms with Crippen LogP contribution in [0.4, 0.5) is 0 Å². The number of nitrogens with one attached hydrogen (secondary N) is 3. The minimum atomic E-state index is -2.70. The highest BCUT2D eigenvalue weighted by Gasteiger charge is 2.59. The van der Waals surface area contributed by atoms with E-state index in [0.717, 1.165) is 20.8 Å². The van der Waals surface area contributed by atoms with Gasteiger partial charge in [0.05, 0.1) is 30.4 Å². The van der Waals surface area contributed by atoms with Crippen molar-refractivity contribution in [2.24, 2.45) is 0 Å². The topological polar surface area (TPSA) is 233 Å². The summed E-state index contributed by atoms with van der Waals surface area (Å²) in [4.78, 5) is 47.8. The first-order chi connectivity index (χ1) is 16.6. The van der Waals surface area contributed by atoms with E-state index < -0.39 is 96.9 Å². The fourth-order valence-corrected chi connectivity index (χ4v) is 4.43. The number of aliphatic hydroxyl groups is 4. The number of amides is 3. The second-order valence-corrected chi connectivity index (χ2v) is 9.14. The molecular weight excluding hydrogens is 486 g/mol. The summed E-state index contributed by atoms with van der Waals surface area (Å²) in [5.41, 5.74) is 0. The summed E-state index contributed by atoms with van der Waals surface area (Å²) in [6.07, 6.45) is -11.2. The number of rotatable bonds is 8. The van der Waals surface area contributed by atoms with Crippen LogP contribution < -0.4 is 16.0 Å². The number of hydrogen-bond acceptors (Lipinski definition) is 11. The average molecular weight is 522 g/mol. The highest BCUT2D eigenvalue weighted by molar-refractivity contribution is 5.77. The second-order valence-electron chi connectivity index (χ2n) is 9.14. The minimum absolute atomic E-state index is 0.605. The largest absolute Gasteiger partial charge is 0.477 e. The summed E-state index contributed by atoms with van der Waals surface area (Å²) < 4.78 is 16.7. The Bertz CT molecular complexity index is 823. The molecule has 0 spiro atoms. The molecule has 0 radical (unpaired) electrons. The van der Waals surface area contributed by atoms with E-state index in [2.05, 4.69) is 16.0 Å². The number of carboxylic acid groups (broad SMARTS) is 1. The van der Waals surface area contributed by atoms with Crippen LogP contribution >= 0.6 is 0 Å². The summed E-state index contributed by atoms with van der Waals surface area (Å²) in [5.74, 6) is -6.32. The van der Waals surface area contributed by atoms with E-state index >= 15 is 0 Å². The van der Waals surface area contributed by atoms with Gasteiger partial charge in [0.1, 0.15) is 24.4 Å². The van der Waals surface area contributed by atoms with Crippen molar-refractivity contribution in [2.75, 3.05) is 0 Å². The molecule has 0 aromatic carbocycles. The number of hydrogen-bond donors (Lipinski definition) is 8. The number of carbonyl (C=O) groups excluding carboxylic acids is 3. The standard InChI is InChI=1S/C21H35N3O12/c1-7(25)13(22-9(3)26)17-14(23-10(4)27)12(29)6-21(35-17,20(32)33)36-18-15(24-11(5)28)19(31)34-8(2)16(18)30/h7-8,12-19,25,29-31H,6H2,1-5H3,(H,22,26)(H,23,27)(H,24,28)(H,32,33)/t7-,8+,12-,13+,14+,15+,16-,17-,18+,19?,21-/m1/s1. The number of aliphatic carboxylic acids is 1. The second kappa shape index (κ2) is 11.8. The monoisotopic (exact) mass is 521 g/mol. The summed E-state index contributed by atoms with van der Waals surface area (Å²) in [7, 11) is 0. The Kier molecular flexibility index (Phi) is 9.75. The van der Waals surface area contributed by atoms with Crippen LogP contribution in [0.3, 0.4) is 0 Å². The van der Waals surface area contributed by atoms with Crippen LogP contribution in [0.15, 0.2) is 0 Å². The molecule has 15 heteroatoms. The van der Waals surface area contributed by atoms with E-state index in [9.17, 15) is 44.7 Å². The van der Waals surface area contributed by atoms with Gasteiger partial charge in [-0.1, -0.05) is 0 Å². The zero-order chi connectivity index (χ0) is 27.5. The number of carbonyl (C=O) groups is 4. The van der Waals surface area contributed by atoms with E-state index in [4.69, 9.17) is 14.2 Å². The average Bonchev–Trinajstić information content (AvgIpc) is 2.73. The zero-order valence-electron chi connectivity index (χ0n) is 20.6. The maximum absolute atomic E-state index is 12.5. The zero-order valence-corrected chi connectivity index (χ0v) is 20.6. The Labute approximate surface area is 207 Å². The smallest absolute Gasteiger partial charge is 0.364 e. The van der Waals surface area contributed by atoms with Crippen molar-refractivity contribution in [3.05, 3.63) is 0 Å². The Hall–Kier alpha value is -2.40. The lowest BCUT2D eigenvalue weighted by Crippen LogP contribution is -2.72. The number of carboxylic acids is 1. The first-order valence-electron chi connectivity index (χ1n) is 11.4. The third-order valence-electron chi connectivity index (χ3n) is 6.04. The van der Waals surface area contributed by atoms with Crippen molar-refractivity contribution >= 4 is 23.7 Å². The lowest BCUT2D eigenvalue weighted by molar-refractivity contribution is -0.345. The van der Waals surface area contributed by atoms with Crippen LogP contribution in [0.5, 0.6) is 0 Å². The minimum Gasteiger partial charge on any atom is -0.477 e. The summed E-state index contributed by atoms with van der Waals surface area (Å²) in [6.45, 7) is 6.08. The first-order valence-corrected chi connectivity index (χ1v) is 11.4. The van der Waals surface area contributed by atoms with Gasteiger partial charge >= 0.3 is 5.97 Å². The van der Waals surface area contributed by atoms with Crippen LogP contribution in [-0.4, -0.2) is 116 Å². The number of ether oxygens (including phenoxy) is 3. The van der Waals surface area contributed by atoms with Crippen molar-refractivity contribution < 1.29 is 58.9 Å². The van der Waals surface area contributed by atoms with E-state index in [-0.39, 0.29) is 0 Å². The Morgan fingerprint density at radius 2 is 1.56 bits per heavy atom. The van der Waals surface area contributed by atoms with Crippen LogP contribution in [0.25, 0.3) is 0 Å². The molecule has 2 rings (SSSR count). The van der Waals surface area contributed by atoms with Gasteiger partial charge < -0.3 is 55.7 Å². The Morgan fingerprint density at radius 3 is 2.03 bits per heavy atom. The SMILES string of the molecule is CC(=O)N[C@@H]1[C@@H]([C@@H](NC(C)=O)[C@@H](C)O)O[C@](O[C@@H]2[C@H](O)[C@H](C)OC(O)[C@H]2NC(C)=O)(C(=O)O)C[C@H]1O. The predicted molar refractivity (Wildman–Crippen MR) is 118 cm³/mol. The molecule has 0 aliphatic carbocycles. The molecule has 3 amide bonds. The first kappa shape index (κ1) is 29.8. The third-order valence-corrected chi connectivity index (χ3v) is 6.04. The van der Waals surface area contributed by atoms with Gasteiger partial charge in [0.15, 0.2) is 6.29 Å². The molecule has 0 bridgehead atoms. The Balaban J connectivity index is 2.55. The van der Waals surface area contributed by atoms with Gasteiger partial charge in [-0.2, -0.15) is 0 Å². The van der Waals surface area contributed by atoms with Crippen LogP contribution in [-0.2, 0) is 33.4 Å². The summed E-state index contributed by atoms with van der Waals surface area (Å²) in [5, 5.41) is 59.6. The van der Waals surface area contributed by atoms with Gasteiger partial charge in [-0.15, -0.1) is 0 Å². The summed E-state index contributed by atoms with van der Waals surface area (Å²) >= 11 is 0. The third kappa shape index (κ3) is 6.67. The molecule has 0 saturated carbocycles. The maximum Gasteiger partial charge on any atom is 0.364 e. The molecule has 2 fully saturated rings. The van der Waals surface area contributed by atoms with Crippen molar-refractivity contribution in [3.63, 3.8) is 0 Å². The molecule has 0 aromatic heterocycles. The van der Waals surface area contributed by atoms with Crippen molar-refractivity contribution in [2.45, 2.75) is 108 Å². The molecule has 1 unspecified atom stereocenters. The predicted octanol–water partition coefficient (Wildman–Crippen LogP) is -3.70. The van der Waals surface area contributed by atoms with Gasteiger partial charge in [0.25, 0.3) is 5.79 Å². The van der Waals surface area contributed by atoms with E-state index in [1.807, 2.05) is 0 Å². The Morgan fingerprint density at radius 1 is 1.00 bits per heavy atom. The lowest BCUT2D eigenvalue weighted by Gasteiger charge is -2.50. The quantitative estimate of drug-likeness (QED) is 0.154. The molecule has 2 heterocycles. The fourth-order valence-electron chi connectivity index (χ4n) is 4.43. The highest BCUT2D eigenvalue weighted by atomic mass is 16.7. The van der Waals surface area contributed by atoms with Gasteiger partial charge in [0, 0.05) is 27.2 Å². The van der Waals surface area contributed by atoms with Crippen molar-refractivity contribution in [1.82, 2.24) is 16.0 Å². The molecule has 15 nitrogen and oxygen atoms in total. The maximum atomic E-state index is 12.5. The molecule has 36 heavy (non-hydrogen) atoms. The van der Waals surface area contributed by atoms with Crippen LogP contribution in [0.1, 0.15) is 41.0 Å². The molecule has 2 aliphatic heterocycles. The highest BCUT2D eigenvalue weighted by Crippen LogP contribution is 2.37.